The van der Waals surface area contributed by atoms with E-state index in [1.54, 1.807) is 42.9 Å². The molecular formula is C31H33FN4O3. The van der Waals surface area contributed by atoms with E-state index < -0.39 is 6.10 Å². The van der Waals surface area contributed by atoms with Crippen LogP contribution in [0, 0.1) is 29.0 Å². The van der Waals surface area contributed by atoms with Crippen molar-refractivity contribution < 1.29 is 19.1 Å². The molecule has 4 fully saturated rings. The molecule has 4 saturated carbocycles. The van der Waals surface area contributed by atoms with Crippen molar-refractivity contribution >= 4 is 17.5 Å². The van der Waals surface area contributed by atoms with E-state index in [4.69, 9.17) is 0 Å². The molecule has 1 aliphatic heterocycles. The standard InChI is InChI=1S/C31H33FN4O3/c1-17(37)19-5-7-22(8-6-19)34-30(39)35-29-20-9-18-10-21(29)14-31(12-18,13-20)27(38)11-25-28-23(3-2-4-24(28)32)26-15-33-16-36(25)26/h2-8,15-16,18,20-21,25,27,29,38H,9-14H2,1H3,(H2,34,35,39). The normalized spacial score (nSPS) is 30.5. The molecule has 4 atom stereocenters. The number of amides is 2. The number of Topliss-reactive ketones (excluding diaryl/α,β-unsaturated/α-hetero) is 1. The first-order chi connectivity index (χ1) is 18.8. The lowest BCUT2D eigenvalue weighted by atomic mass is 9.46. The third-order valence-corrected chi connectivity index (χ3v) is 9.98. The average molecular weight is 529 g/mol. The average Bonchev–Trinajstić information content (AvgIpc) is 3.49. The Morgan fingerprint density at radius 3 is 2.59 bits per heavy atom. The van der Waals surface area contributed by atoms with Crippen LogP contribution in [0.2, 0.25) is 0 Å². The fraction of sp³-hybridized carbons (Fsp3) is 0.452. The molecule has 0 spiro atoms. The zero-order valence-corrected chi connectivity index (χ0v) is 21.9. The van der Waals surface area contributed by atoms with Gasteiger partial charge in [-0.05, 0) is 98.9 Å². The highest BCUT2D eigenvalue weighted by atomic mass is 19.1. The van der Waals surface area contributed by atoms with Gasteiger partial charge in [-0.3, -0.25) is 4.79 Å². The number of nitrogens with one attached hydrogen (secondary N) is 2. The summed E-state index contributed by atoms with van der Waals surface area (Å²) < 4.78 is 17.0. The van der Waals surface area contributed by atoms with E-state index in [-0.39, 0.29) is 35.1 Å². The Bertz CT molecular complexity index is 1430. The minimum Gasteiger partial charge on any atom is -0.392 e. The SMILES string of the molecule is CC(=O)c1ccc(NC(=O)NC2C3CC4CC2CC(C(O)CC2c5c(F)cccc5-c5cncn52)(C4)C3)cc1. The monoisotopic (exact) mass is 528 g/mol. The van der Waals surface area contributed by atoms with Crippen molar-refractivity contribution in [1.29, 1.82) is 0 Å². The van der Waals surface area contributed by atoms with E-state index in [9.17, 15) is 14.7 Å². The summed E-state index contributed by atoms with van der Waals surface area (Å²) in [5.74, 6) is 0.934. The van der Waals surface area contributed by atoms with Crippen LogP contribution in [0.1, 0.15) is 67.4 Å². The highest BCUT2D eigenvalue weighted by molar-refractivity contribution is 5.95. The highest BCUT2D eigenvalue weighted by Crippen LogP contribution is 2.62. The molecule has 4 bridgehead atoms. The summed E-state index contributed by atoms with van der Waals surface area (Å²) in [6, 6.07) is 11.7. The summed E-state index contributed by atoms with van der Waals surface area (Å²) in [5.41, 5.74) is 3.48. The number of ketones is 1. The molecule has 2 amide bonds. The Balaban J connectivity index is 1.06. The maximum absolute atomic E-state index is 15.0. The Kier molecular flexibility index (Phi) is 5.67. The summed E-state index contributed by atoms with van der Waals surface area (Å²) in [7, 11) is 0. The summed E-state index contributed by atoms with van der Waals surface area (Å²) in [6.07, 6.45) is 8.28. The molecule has 3 aromatic rings. The van der Waals surface area contributed by atoms with E-state index in [2.05, 4.69) is 15.6 Å². The van der Waals surface area contributed by atoms with Crippen LogP contribution in [0.15, 0.2) is 55.0 Å². The summed E-state index contributed by atoms with van der Waals surface area (Å²) in [4.78, 5) is 28.8. The van der Waals surface area contributed by atoms with Crippen molar-refractivity contribution in [2.75, 3.05) is 5.32 Å². The number of imidazole rings is 1. The van der Waals surface area contributed by atoms with Gasteiger partial charge in [-0.15, -0.1) is 0 Å². The molecule has 202 valence electrons. The van der Waals surface area contributed by atoms with Crippen molar-refractivity contribution in [3.8, 4) is 11.3 Å². The number of fused-ring (bicyclic) bond motifs is 3. The molecule has 39 heavy (non-hydrogen) atoms. The van der Waals surface area contributed by atoms with Crippen LogP contribution in [0.25, 0.3) is 11.3 Å². The quantitative estimate of drug-likeness (QED) is 0.365. The van der Waals surface area contributed by atoms with Gasteiger partial charge < -0.3 is 20.3 Å². The predicted molar refractivity (Wildman–Crippen MR) is 145 cm³/mol. The van der Waals surface area contributed by atoms with Crippen LogP contribution in [0.3, 0.4) is 0 Å². The third-order valence-electron chi connectivity index (χ3n) is 9.98. The molecule has 0 radical (unpaired) electrons. The second-order valence-electron chi connectivity index (χ2n) is 12.2. The molecule has 7 nitrogen and oxygen atoms in total. The summed E-state index contributed by atoms with van der Waals surface area (Å²) in [5, 5.41) is 18.0. The van der Waals surface area contributed by atoms with Crippen LogP contribution in [0.5, 0.6) is 0 Å². The maximum Gasteiger partial charge on any atom is 0.319 e. The van der Waals surface area contributed by atoms with Gasteiger partial charge in [0.05, 0.1) is 30.4 Å². The lowest BCUT2D eigenvalue weighted by molar-refractivity contribution is -0.135. The van der Waals surface area contributed by atoms with E-state index in [1.807, 2.05) is 10.6 Å². The highest BCUT2D eigenvalue weighted by Gasteiger charge is 2.58. The van der Waals surface area contributed by atoms with E-state index in [1.165, 1.54) is 13.0 Å². The molecule has 2 aromatic carbocycles. The Hall–Kier alpha value is -3.52. The van der Waals surface area contributed by atoms with Crippen molar-refractivity contribution in [1.82, 2.24) is 14.9 Å². The minimum atomic E-state index is -0.564. The fourth-order valence-electron chi connectivity index (χ4n) is 8.53. The number of anilines is 1. The van der Waals surface area contributed by atoms with Gasteiger partial charge in [0.2, 0.25) is 0 Å². The Labute approximate surface area is 226 Å². The van der Waals surface area contributed by atoms with Gasteiger partial charge in [0.15, 0.2) is 5.78 Å². The van der Waals surface area contributed by atoms with Crippen molar-refractivity contribution in [3.05, 3.63) is 71.9 Å². The Morgan fingerprint density at radius 2 is 1.87 bits per heavy atom. The number of aliphatic hydroxyl groups excluding tert-OH is 1. The second-order valence-corrected chi connectivity index (χ2v) is 12.2. The van der Waals surface area contributed by atoms with Gasteiger partial charge in [0.1, 0.15) is 5.82 Å². The van der Waals surface area contributed by atoms with Crippen molar-refractivity contribution in [2.24, 2.45) is 23.2 Å². The lowest BCUT2D eigenvalue weighted by Crippen LogP contribution is -2.62. The van der Waals surface area contributed by atoms with Crippen LogP contribution in [-0.4, -0.2) is 38.6 Å². The molecule has 5 aliphatic rings. The zero-order chi connectivity index (χ0) is 26.9. The number of carbonyl (C=O) groups is 2. The number of halogens is 1. The summed E-state index contributed by atoms with van der Waals surface area (Å²) in [6.45, 7) is 1.52. The maximum atomic E-state index is 15.0. The van der Waals surface area contributed by atoms with Crippen molar-refractivity contribution in [3.63, 3.8) is 0 Å². The lowest BCUT2D eigenvalue weighted by Gasteiger charge is -2.61. The largest absolute Gasteiger partial charge is 0.392 e. The molecule has 4 unspecified atom stereocenters. The predicted octanol–water partition coefficient (Wildman–Crippen LogP) is 5.56. The van der Waals surface area contributed by atoms with Crippen LogP contribution >= 0.6 is 0 Å². The smallest absolute Gasteiger partial charge is 0.319 e. The topological polar surface area (TPSA) is 96.2 Å². The first-order valence-electron chi connectivity index (χ1n) is 14.0. The first kappa shape index (κ1) is 24.5. The molecule has 2 heterocycles. The molecule has 8 rings (SSSR count). The molecule has 3 N–H and O–H groups in total. The first-order valence-corrected chi connectivity index (χ1v) is 14.0. The zero-order valence-electron chi connectivity index (χ0n) is 21.9. The third kappa shape index (κ3) is 3.99. The number of benzene rings is 2. The van der Waals surface area contributed by atoms with Crippen LogP contribution < -0.4 is 10.6 Å². The molecule has 4 aliphatic carbocycles. The molecule has 8 heteroatoms. The van der Waals surface area contributed by atoms with E-state index in [0.717, 1.165) is 43.4 Å². The number of hydrogen-bond acceptors (Lipinski definition) is 4. The van der Waals surface area contributed by atoms with Crippen LogP contribution in [-0.2, 0) is 0 Å². The number of carbonyl (C=O) groups excluding carboxylic acids is 2. The molecule has 0 saturated heterocycles. The number of aromatic nitrogens is 2. The number of aliphatic hydroxyl groups is 1. The van der Waals surface area contributed by atoms with Gasteiger partial charge in [-0.25, -0.2) is 14.2 Å². The van der Waals surface area contributed by atoms with Gasteiger partial charge in [-0.2, -0.15) is 0 Å². The number of nitrogens with zero attached hydrogens (tertiary/aromatic N) is 2. The summed E-state index contributed by atoms with van der Waals surface area (Å²) >= 11 is 0. The molecule has 1 aromatic heterocycles. The van der Waals surface area contributed by atoms with Gasteiger partial charge in [0.25, 0.3) is 0 Å². The second kappa shape index (κ2) is 9.01. The van der Waals surface area contributed by atoms with Crippen molar-refractivity contribution in [2.45, 2.75) is 63.6 Å². The number of rotatable bonds is 6. The molecular weight excluding hydrogens is 495 g/mol. The van der Waals surface area contributed by atoms with E-state index in [0.29, 0.717) is 41.0 Å². The fourth-order valence-corrected chi connectivity index (χ4v) is 8.53. The van der Waals surface area contributed by atoms with Gasteiger partial charge in [-0.1, -0.05) is 12.1 Å². The van der Waals surface area contributed by atoms with E-state index >= 15 is 4.39 Å². The van der Waals surface area contributed by atoms with Gasteiger partial charge in [0, 0.05) is 28.4 Å². The van der Waals surface area contributed by atoms with Crippen LogP contribution in [0.4, 0.5) is 14.9 Å². The van der Waals surface area contributed by atoms with Gasteiger partial charge >= 0.3 is 6.03 Å². The number of urea groups is 1. The Morgan fingerprint density at radius 1 is 1.13 bits per heavy atom. The minimum absolute atomic E-state index is 0.0107. The number of hydrogen-bond donors (Lipinski definition) is 3.